The Hall–Kier alpha value is -2.66. The van der Waals surface area contributed by atoms with Gasteiger partial charge in [-0.25, -0.2) is 0 Å². The van der Waals surface area contributed by atoms with Gasteiger partial charge in [-0.15, -0.1) is 0 Å². The molecule has 1 aliphatic rings. The second-order valence-electron chi connectivity index (χ2n) is 7.59. The van der Waals surface area contributed by atoms with Crippen LogP contribution in [0.25, 0.3) is 0 Å². The van der Waals surface area contributed by atoms with Crippen LogP contribution in [0.1, 0.15) is 55.1 Å². The third-order valence-electron chi connectivity index (χ3n) is 5.94. The number of aliphatic carboxylic acids is 2. The Morgan fingerprint density at radius 2 is 1.14 bits per heavy atom. The Morgan fingerprint density at radius 3 is 1.50 bits per heavy atom. The molecule has 5 heteroatoms. The molecule has 28 heavy (non-hydrogen) atoms. The van der Waals surface area contributed by atoms with Crippen LogP contribution in [-0.2, 0) is 9.59 Å². The summed E-state index contributed by atoms with van der Waals surface area (Å²) >= 11 is 0. The standard InChI is InChI=1S/C23H26O5/c24-21(25)19(16-10-4-1-5-11-16)23(28,18-14-8-3-9-15-18)20(22(26)27)17-12-6-2-7-13-17/h1-2,4-7,10-13,18-20,28H,3,8-9,14-15H2,(H,24,25)(H,26,27). The molecule has 0 heterocycles. The summed E-state index contributed by atoms with van der Waals surface area (Å²) in [7, 11) is 0. The molecule has 1 fully saturated rings. The molecule has 2 aromatic carbocycles. The number of carboxylic acid groups (broad SMARTS) is 2. The summed E-state index contributed by atoms with van der Waals surface area (Å²) in [5.74, 6) is -5.50. The maximum absolute atomic E-state index is 12.4. The van der Waals surface area contributed by atoms with Crippen molar-refractivity contribution >= 4 is 11.9 Å². The average molecular weight is 382 g/mol. The third kappa shape index (κ3) is 3.80. The maximum atomic E-state index is 12.4. The number of carboxylic acids is 2. The lowest BCUT2D eigenvalue weighted by molar-refractivity contribution is -0.163. The third-order valence-corrected chi connectivity index (χ3v) is 5.94. The predicted molar refractivity (Wildman–Crippen MR) is 105 cm³/mol. The van der Waals surface area contributed by atoms with Gasteiger partial charge in [-0.3, -0.25) is 9.59 Å². The Morgan fingerprint density at radius 1 is 0.750 bits per heavy atom. The lowest BCUT2D eigenvalue weighted by Crippen LogP contribution is -2.54. The molecule has 1 saturated carbocycles. The van der Waals surface area contributed by atoms with Crippen molar-refractivity contribution in [2.24, 2.45) is 5.92 Å². The van der Waals surface area contributed by atoms with E-state index in [1.54, 1.807) is 60.7 Å². The number of hydrogen-bond donors (Lipinski definition) is 3. The zero-order chi connectivity index (χ0) is 20.1. The summed E-state index contributed by atoms with van der Waals surface area (Å²) in [6, 6.07) is 17.0. The second kappa shape index (κ2) is 8.57. The molecular weight excluding hydrogens is 356 g/mol. The van der Waals surface area contributed by atoms with Crippen molar-refractivity contribution in [2.75, 3.05) is 0 Å². The first-order valence-electron chi connectivity index (χ1n) is 9.74. The van der Waals surface area contributed by atoms with E-state index in [1.165, 1.54) is 0 Å². The first kappa shape index (κ1) is 20.1. The summed E-state index contributed by atoms with van der Waals surface area (Å²) in [5.41, 5.74) is -1.10. The Kier molecular flexibility index (Phi) is 6.15. The zero-order valence-corrected chi connectivity index (χ0v) is 15.7. The summed E-state index contributed by atoms with van der Waals surface area (Å²) in [5, 5.41) is 32.3. The van der Waals surface area contributed by atoms with Gasteiger partial charge in [0.05, 0.1) is 0 Å². The minimum absolute atomic E-state index is 0.413. The Balaban J connectivity index is 2.21. The lowest BCUT2D eigenvalue weighted by Gasteiger charge is -2.46. The van der Waals surface area contributed by atoms with Crippen molar-refractivity contribution in [3.8, 4) is 0 Å². The van der Waals surface area contributed by atoms with E-state index < -0.39 is 35.3 Å². The smallest absolute Gasteiger partial charge is 0.313 e. The molecule has 148 valence electrons. The quantitative estimate of drug-likeness (QED) is 0.672. The average Bonchev–Trinajstić information content (AvgIpc) is 2.70. The zero-order valence-electron chi connectivity index (χ0n) is 15.7. The highest BCUT2D eigenvalue weighted by molar-refractivity contribution is 5.84. The van der Waals surface area contributed by atoms with Gasteiger partial charge in [-0.2, -0.15) is 0 Å². The van der Waals surface area contributed by atoms with Crippen molar-refractivity contribution in [3.63, 3.8) is 0 Å². The van der Waals surface area contributed by atoms with Crippen LogP contribution in [0.3, 0.4) is 0 Å². The van der Waals surface area contributed by atoms with Crippen molar-refractivity contribution in [1.29, 1.82) is 0 Å². The number of hydrogen-bond acceptors (Lipinski definition) is 3. The normalized spacial score (nSPS) is 19.3. The maximum Gasteiger partial charge on any atom is 0.313 e. The van der Waals surface area contributed by atoms with Crippen molar-refractivity contribution in [1.82, 2.24) is 0 Å². The SMILES string of the molecule is O=C(O)C(c1ccccc1)C(O)(C1CCCCC1)C(C(=O)O)c1ccccc1. The van der Waals surface area contributed by atoms with Gasteiger partial charge in [-0.1, -0.05) is 79.9 Å². The van der Waals surface area contributed by atoms with Gasteiger partial charge in [0.2, 0.25) is 0 Å². The monoisotopic (exact) mass is 382 g/mol. The summed E-state index contributed by atoms with van der Waals surface area (Å²) in [6.45, 7) is 0. The van der Waals surface area contributed by atoms with Crippen LogP contribution in [0.2, 0.25) is 0 Å². The van der Waals surface area contributed by atoms with Gasteiger partial charge in [0.1, 0.15) is 17.4 Å². The van der Waals surface area contributed by atoms with Gasteiger partial charge >= 0.3 is 11.9 Å². The molecule has 0 saturated heterocycles. The highest BCUT2D eigenvalue weighted by Crippen LogP contribution is 2.49. The van der Waals surface area contributed by atoms with E-state index in [0.717, 1.165) is 19.3 Å². The lowest BCUT2D eigenvalue weighted by atomic mass is 9.61. The molecule has 0 radical (unpaired) electrons. The molecular formula is C23H26O5. The minimum atomic E-state index is -1.94. The first-order valence-corrected chi connectivity index (χ1v) is 9.74. The van der Waals surface area contributed by atoms with E-state index in [4.69, 9.17) is 0 Å². The molecule has 0 spiro atoms. The number of carbonyl (C=O) groups is 2. The second-order valence-corrected chi connectivity index (χ2v) is 7.59. The van der Waals surface area contributed by atoms with Crippen LogP contribution in [0.15, 0.2) is 60.7 Å². The summed E-state index contributed by atoms with van der Waals surface area (Å²) < 4.78 is 0. The molecule has 3 N–H and O–H groups in total. The fourth-order valence-electron chi connectivity index (χ4n) is 4.71. The summed E-state index contributed by atoms with van der Waals surface area (Å²) in [6.07, 6.45) is 3.96. The molecule has 3 rings (SSSR count). The van der Waals surface area contributed by atoms with Gasteiger partial charge in [0.25, 0.3) is 0 Å². The van der Waals surface area contributed by atoms with Crippen molar-refractivity contribution < 1.29 is 24.9 Å². The van der Waals surface area contributed by atoms with E-state index in [-0.39, 0.29) is 0 Å². The highest BCUT2D eigenvalue weighted by Gasteiger charge is 2.56. The Bertz CT molecular complexity index is 739. The number of benzene rings is 2. The van der Waals surface area contributed by atoms with E-state index in [1.807, 2.05) is 0 Å². The van der Waals surface area contributed by atoms with Crippen LogP contribution >= 0.6 is 0 Å². The van der Waals surface area contributed by atoms with Gasteiger partial charge in [0, 0.05) is 0 Å². The van der Waals surface area contributed by atoms with Crippen molar-refractivity contribution in [3.05, 3.63) is 71.8 Å². The summed E-state index contributed by atoms with van der Waals surface area (Å²) in [4.78, 5) is 24.8. The molecule has 0 bridgehead atoms. The van der Waals surface area contributed by atoms with Crippen LogP contribution in [0.4, 0.5) is 0 Å². The van der Waals surface area contributed by atoms with E-state index in [0.29, 0.717) is 24.0 Å². The molecule has 0 aromatic heterocycles. The van der Waals surface area contributed by atoms with Crippen LogP contribution in [-0.4, -0.2) is 32.9 Å². The Labute approximate surface area is 164 Å². The van der Waals surface area contributed by atoms with E-state index in [9.17, 15) is 24.9 Å². The minimum Gasteiger partial charge on any atom is -0.481 e. The van der Waals surface area contributed by atoms with Crippen LogP contribution < -0.4 is 0 Å². The molecule has 0 amide bonds. The topological polar surface area (TPSA) is 94.8 Å². The highest BCUT2D eigenvalue weighted by atomic mass is 16.4. The van der Waals surface area contributed by atoms with E-state index in [2.05, 4.69) is 0 Å². The number of aliphatic hydroxyl groups is 1. The largest absolute Gasteiger partial charge is 0.481 e. The molecule has 2 unspecified atom stereocenters. The van der Waals surface area contributed by atoms with Crippen LogP contribution in [0, 0.1) is 5.92 Å². The first-order chi connectivity index (χ1) is 13.5. The van der Waals surface area contributed by atoms with E-state index >= 15 is 0 Å². The molecule has 2 aromatic rings. The molecule has 0 aliphatic heterocycles. The van der Waals surface area contributed by atoms with Crippen molar-refractivity contribution in [2.45, 2.75) is 49.5 Å². The fourth-order valence-corrected chi connectivity index (χ4v) is 4.71. The van der Waals surface area contributed by atoms with Gasteiger partial charge in [-0.05, 0) is 29.9 Å². The van der Waals surface area contributed by atoms with Gasteiger partial charge in [0.15, 0.2) is 0 Å². The molecule has 1 aliphatic carbocycles. The van der Waals surface area contributed by atoms with Crippen LogP contribution in [0.5, 0.6) is 0 Å². The fraction of sp³-hybridized carbons (Fsp3) is 0.391. The number of rotatable bonds is 7. The molecule has 5 nitrogen and oxygen atoms in total. The predicted octanol–water partition coefficient (Wildman–Crippen LogP) is 4.03. The van der Waals surface area contributed by atoms with Gasteiger partial charge < -0.3 is 15.3 Å². The molecule has 2 atom stereocenters.